The smallest absolute Gasteiger partial charge is 0.233 e. The summed E-state index contributed by atoms with van der Waals surface area (Å²) in [6, 6.07) is 12.1. The second-order valence-electron chi connectivity index (χ2n) is 6.04. The molecular weight excluding hydrogens is 412 g/mol. The lowest BCUT2D eigenvalue weighted by atomic mass is 10.2. The van der Waals surface area contributed by atoms with Gasteiger partial charge >= 0.3 is 0 Å². The zero-order valence-electron chi connectivity index (χ0n) is 15.8. The summed E-state index contributed by atoms with van der Waals surface area (Å²) in [5.41, 5.74) is 2.15. The summed E-state index contributed by atoms with van der Waals surface area (Å²) in [7, 11) is 1.65. The molecule has 0 aliphatic carbocycles. The Labute approximate surface area is 176 Å². The fraction of sp³-hybridized carbons (Fsp3) is 0.316. The van der Waals surface area contributed by atoms with Gasteiger partial charge in [-0.25, -0.2) is 0 Å². The number of ether oxygens (including phenoxy) is 1. The van der Waals surface area contributed by atoms with Crippen molar-refractivity contribution >= 4 is 51.2 Å². The maximum Gasteiger partial charge on any atom is 0.233 e. The van der Waals surface area contributed by atoms with Crippen molar-refractivity contribution in [2.75, 3.05) is 31.3 Å². The maximum absolute atomic E-state index is 12.7. The lowest BCUT2D eigenvalue weighted by Gasteiger charge is -2.21. The van der Waals surface area contributed by atoms with Gasteiger partial charge in [0.05, 0.1) is 18.9 Å². The van der Waals surface area contributed by atoms with E-state index in [0.717, 1.165) is 20.0 Å². The first-order chi connectivity index (χ1) is 13.6. The number of rotatable bonds is 10. The van der Waals surface area contributed by atoms with Crippen LogP contribution in [0.5, 0.6) is 0 Å². The molecule has 2 aromatic heterocycles. The Balaban J connectivity index is 1.54. The van der Waals surface area contributed by atoms with Crippen molar-refractivity contribution < 1.29 is 9.53 Å². The molecule has 0 unspecified atom stereocenters. The Morgan fingerprint density at radius 2 is 2.18 bits per heavy atom. The van der Waals surface area contributed by atoms with E-state index in [1.54, 1.807) is 18.4 Å². The van der Waals surface area contributed by atoms with E-state index in [-0.39, 0.29) is 5.91 Å². The number of nitrogens with zero attached hydrogens (tertiary/aromatic N) is 3. The van der Waals surface area contributed by atoms with E-state index < -0.39 is 0 Å². The molecule has 0 fully saturated rings. The Kier molecular flexibility index (Phi) is 7.84. The standard InChI is InChI=1S/C19H22N4O2S3/c1-14-5-3-6-15(11-14)20-18-21-22-19(28-18)27-13-17(24)23(8-9-25-2)12-16-7-4-10-26-16/h3-7,10-11H,8-9,12-13H2,1-2H3,(H,20,21). The van der Waals surface area contributed by atoms with Crippen LogP contribution in [0.1, 0.15) is 10.4 Å². The van der Waals surface area contributed by atoms with Gasteiger partial charge in [-0.3, -0.25) is 4.79 Å². The number of amides is 1. The number of carbonyl (C=O) groups excluding carboxylic acids is 1. The highest BCUT2D eigenvalue weighted by atomic mass is 32.2. The number of aromatic nitrogens is 2. The number of aryl methyl sites for hydroxylation is 1. The van der Waals surface area contributed by atoms with Crippen LogP contribution in [0, 0.1) is 6.92 Å². The third-order valence-corrected chi connectivity index (χ3v) is 6.66. The molecule has 0 bridgehead atoms. The monoisotopic (exact) mass is 434 g/mol. The quantitative estimate of drug-likeness (QED) is 0.477. The molecule has 0 saturated heterocycles. The van der Waals surface area contributed by atoms with Crippen molar-refractivity contribution in [1.29, 1.82) is 0 Å². The minimum atomic E-state index is 0.0684. The topological polar surface area (TPSA) is 67.3 Å². The summed E-state index contributed by atoms with van der Waals surface area (Å²) in [6.45, 7) is 3.75. The average Bonchev–Trinajstić information content (AvgIpc) is 3.35. The van der Waals surface area contributed by atoms with Crippen LogP contribution in [0.2, 0.25) is 0 Å². The van der Waals surface area contributed by atoms with Gasteiger partial charge in [-0.1, -0.05) is 41.3 Å². The Bertz CT molecular complexity index is 883. The van der Waals surface area contributed by atoms with E-state index in [1.165, 1.54) is 28.7 Å². The van der Waals surface area contributed by atoms with Crippen molar-refractivity contribution in [3.63, 3.8) is 0 Å². The van der Waals surface area contributed by atoms with Gasteiger partial charge in [0, 0.05) is 24.2 Å². The van der Waals surface area contributed by atoms with Crippen molar-refractivity contribution in [1.82, 2.24) is 15.1 Å². The van der Waals surface area contributed by atoms with Gasteiger partial charge in [0.2, 0.25) is 11.0 Å². The van der Waals surface area contributed by atoms with Crippen LogP contribution >= 0.6 is 34.4 Å². The number of methoxy groups -OCH3 is 1. The van der Waals surface area contributed by atoms with Crippen LogP contribution in [0.25, 0.3) is 0 Å². The molecule has 0 aliphatic rings. The maximum atomic E-state index is 12.7. The fourth-order valence-electron chi connectivity index (χ4n) is 2.46. The van der Waals surface area contributed by atoms with Crippen molar-refractivity contribution in [3.8, 4) is 0 Å². The lowest BCUT2D eigenvalue weighted by molar-refractivity contribution is -0.129. The molecule has 0 atom stereocenters. The third kappa shape index (κ3) is 6.30. The molecule has 2 heterocycles. The second-order valence-corrected chi connectivity index (χ2v) is 9.28. The normalized spacial score (nSPS) is 10.8. The van der Waals surface area contributed by atoms with E-state index in [2.05, 4.69) is 21.6 Å². The zero-order valence-corrected chi connectivity index (χ0v) is 18.2. The van der Waals surface area contributed by atoms with Crippen LogP contribution < -0.4 is 5.32 Å². The van der Waals surface area contributed by atoms with Gasteiger partial charge in [0.1, 0.15) is 0 Å². The van der Waals surface area contributed by atoms with Crippen LogP contribution in [0.4, 0.5) is 10.8 Å². The van der Waals surface area contributed by atoms with Gasteiger partial charge in [-0.2, -0.15) is 0 Å². The molecule has 9 heteroatoms. The SMILES string of the molecule is COCCN(Cc1cccs1)C(=O)CSc1nnc(Nc2cccc(C)c2)s1. The number of carbonyl (C=O) groups is 1. The molecule has 28 heavy (non-hydrogen) atoms. The Morgan fingerprint density at radius 1 is 1.29 bits per heavy atom. The fourth-order valence-corrected chi connectivity index (χ4v) is 4.86. The molecule has 3 rings (SSSR count). The number of thiophene rings is 1. The van der Waals surface area contributed by atoms with Gasteiger partial charge in [0.15, 0.2) is 4.34 Å². The molecule has 3 aromatic rings. The molecule has 0 spiro atoms. The number of thioether (sulfide) groups is 1. The molecule has 0 radical (unpaired) electrons. The summed E-state index contributed by atoms with van der Waals surface area (Å²) in [4.78, 5) is 15.7. The minimum Gasteiger partial charge on any atom is -0.383 e. The number of benzene rings is 1. The first-order valence-electron chi connectivity index (χ1n) is 8.73. The highest BCUT2D eigenvalue weighted by Gasteiger charge is 2.16. The third-order valence-electron chi connectivity index (χ3n) is 3.84. The van der Waals surface area contributed by atoms with E-state index in [9.17, 15) is 4.79 Å². The number of hydrogen-bond acceptors (Lipinski definition) is 8. The molecule has 148 valence electrons. The predicted molar refractivity (Wildman–Crippen MR) is 117 cm³/mol. The van der Waals surface area contributed by atoms with E-state index >= 15 is 0 Å². The number of nitrogens with one attached hydrogen (secondary N) is 1. The molecule has 1 N–H and O–H groups in total. The summed E-state index contributed by atoms with van der Waals surface area (Å²) >= 11 is 4.51. The number of anilines is 2. The molecule has 0 aliphatic heterocycles. The lowest BCUT2D eigenvalue weighted by Crippen LogP contribution is -2.34. The van der Waals surface area contributed by atoms with Gasteiger partial charge in [-0.15, -0.1) is 21.5 Å². The second kappa shape index (κ2) is 10.6. The number of hydrogen-bond donors (Lipinski definition) is 1. The van der Waals surface area contributed by atoms with Gasteiger partial charge in [-0.05, 0) is 36.1 Å². The Morgan fingerprint density at radius 3 is 2.93 bits per heavy atom. The molecule has 6 nitrogen and oxygen atoms in total. The first kappa shape index (κ1) is 20.8. The Hall–Kier alpha value is -1.94. The van der Waals surface area contributed by atoms with Gasteiger partial charge in [0.25, 0.3) is 0 Å². The summed E-state index contributed by atoms with van der Waals surface area (Å²) in [5.74, 6) is 0.396. The summed E-state index contributed by atoms with van der Waals surface area (Å²) in [5, 5.41) is 14.3. The zero-order chi connectivity index (χ0) is 19.8. The van der Waals surface area contributed by atoms with Crippen LogP contribution in [-0.2, 0) is 16.1 Å². The van der Waals surface area contributed by atoms with Crippen molar-refractivity contribution in [2.45, 2.75) is 17.8 Å². The van der Waals surface area contributed by atoms with Crippen molar-refractivity contribution in [2.24, 2.45) is 0 Å². The van der Waals surface area contributed by atoms with Crippen LogP contribution in [0.3, 0.4) is 0 Å². The predicted octanol–water partition coefficient (Wildman–Crippen LogP) is 4.42. The average molecular weight is 435 g/mol. The summed E-state index contributed by atoms with van der Waals surface area (Å²) < 4.78 is 5.92. The molecule has 1 amide bonds. The summed E-state index contributed by atoms with van der Waals surface area (Å²) in [6.07, 6.45) is 0. The minimum absolute atomic E-state index is 0.0684. The van der Waals surface area contributed by atoms with Crippen LogP contribution in [0.15, 0.2) is 46.1 Å². The first-order valence-corrected chi connectivity index (χ1v) is 11.4. The van der Waals surface area contributed by atoms with E-state index in [1.807, 2.05) is 47.5 Å². The highest BCUT2D eigenvalue weighted by Crippen LogP contribution is 2.28. The van der Waals surface area contributed by atoms with E-state index in [4.69, 9.17) is 4.74 Å². The highest BCUT2D eigenvalue weighted by molar-refractivity contribution is 8.01. The largest absolute Gasteiger partial charge is 0.383 e. The van der Waals surface area contributed by atoms with E-state index in [0.29, 0.717) is 25.4 Å². The molecular formula is C19H22N4O2S3. The van der Waals surface area contributed by atoms with Crippen LogP contribution in [-0.4, -0.2) is 47.0 Å². The van der Waals surface area contributed by atoms with Gasteiger partial charge < -0.3 is 15.0 Å². The van der Waals surface area contributed by atoms with Crippen molar-refractivity contribution in [3.05, 3.63) is 52.2 Å². The molecule has 1 aromatic carbocycles. The molecule has 0 saturated carbocycles.